The van der Waals surface area contributed by atoms with E-state index < -0.39 is 46.8 Å². The maximum Gasteiger partial charge on any atom is 0.417 e. The van der Waals surface area contributed by atoms with Crippen LogP contribution in [0, 0.1) is 17.2 Å². The van der Waals surface area contributed by atoms with Gasteiger partial charge in [-0.25, -0.2) is 8.78 Å². The number of fused-ring (bicyclic) bond motifs is 3. The molecule has 0 spiro atoms. The molecule has 4 aromatic rings. The van der Waals surface area contributed by atoms with Gasteiger partial charge in [0, 0.05) is 23.2 Å². The highest BCUT2D eigenvalue weighted by Gasteiger charge is 2.38. The van der Waals surface area contributed by atoms with Crippen molar-refractivity contribution < 1.29 is 26.4 Å². The number of halogens is 5. The van der Waals surface area contributed by atoms with Gasteiger partial charge in [-0.1, -0.05) is 24.3 Å². The summed E-state index contributed by atoms with van der Waals surface area (Å²) in [5.41, 5.74) is -4.75. The number of pyridine rings is 1. The zero-order chi connectivity index (χ0) is 25.8. The zero-order valence-corrected chi connectivity index (χ0v) is 18.7. The highest BCUT2D eigenvalue weighted by atomic mass is 19.4. The molecule has 0 saturated heterocycles. The summed E-state index contributed by atoms with van der Waals surface area (Å²) in [6, 6.07) is 13.8. The lowest BCUT2D eigenvalue weighted by Crippen LogP contribution is -2.37. The van der Waals surface area contributed by atoms with E-state index >= 15 is 4.39 Å². The van der Waals surface area contributed by atoms with Crippen LogP contribution in [0.4, 0.5) is 22.0 Å². The highest BCUT2D eigenvalue weighted by molar-refractivity contribution is 6.06. The second-order valence-corrected chi connectivity index (χ2v) is 8.80. The molecular formula is C27H17F5N2O2. The molecule has 0 aliphatic heterocycles. The Bertz CT molecular complexity index is 1680. The topological polar surface area (TPSA) is 58.9 Å². The third-order valence-corrected chi connectivity index (χ3v) is 6.40. The Hall–Kier alpha value is -4.19. The normalized spacial score (nSPS) is 20.0. The summed E-state index contributed by atoms with van der Waals surface area (Å²) in [6.45, 7) is 0.697. The molecule has 36 heavy (non-hydrogen) atoms. The van der Waals surface area contributed by atoms with E-state index in [0.29, 0.717) is 16.6 Å². The second-order valence-electron chi connectivity index (χ2n) is 8.80. The summed E-state index contributed by atoms with van der Waals surface area (Å²) in [7, 11) is 0. The highest BCUT2D eigenvalue weighted by Crippen LogP contribution is 2.38. The molecule has 0 radical (unpaired) electrons. The number of benzene rings is 2. The lowest BCUT2D eigenvalue weighted by molar-refractivity contribution is -0.137. The lowest BCUT2D eigenvalue weighted by Gasteiger charge is -2.29. The number of para-hydroxylation sites is 1. The maximum absolute atomic E-state index is 15.2. The molecule has 0 amide bonds. The van der Waals surface area contributed by atoms with E-state index in [1.165, 1.54) is 18.2 Å². The molecule has 2 unspecified atom stereocenters. The zero-order valence-electron chi connectivity index (χ0n) is 18.7. The molecule has 2 heterocycles. The summed E-state index contributed by atoms with van der Waals surface area (Å²) in [5, 5.41) is 10.7. The Kier molecular flexibility index (Phi) is 5.36. The van der Waals surface area contributed by atoms with Crippen molar-refractivity contribution in [2.24, 2.45) is 5.92 Å². The minimum atomic E-state index is -4.98. The first-order chi connectivity index (χ1) is 17.0. The third kappa shape index (κ3) is 3.88. The number of hydrogen-bond donors (Lipinski definition) is 0. The number of aromatic nitrogens is 1. The van der Waals surface area contributed by atoms with Crippen LogP contribution in [0.2, 0.25) is 0 Å². The molecule has 2 aromatic carbocycles. The van der Waals surface area contributed by atoms with Crippen LogP contribution in [-0.4, -0.2) is 10.2 Å². The lowest BCUT2D eigenvalue weighted by atomic mass is 9.86. The number of allylic oxidation sites excluding steroid dienone is 4. The van der Waals surface area contributed by atoms with E-state index in [0.717, 1.165) is 35.1 Å². The predicted molar refractivity (Wildman–Crippen MR) is 124 cm³/mol. The summed E-state index contributed by atoms with van der Waals surface area (Å²) in [6.07, 6.45) is -1.96. The average molecular weight is 496 g/mol. The third-order valence-electron chi connectivity index (χ3n) is 6.40. The fourth-order valence-electron chi connectivity index (χ4n) is 4.54. The average Bonchev–Trinajstić information content (AvgIpc) is 3.18. The Morgan fingerprint density at radius 3 is 2.53 bits per heavy atom. The van der Waals surface area contributed by atoms with Gasteiger partial charge in [0.25, 0.3) is 5.56 Å². The standard InChI is InChI=1S/C27H17F5N2O2/c1-26(29)12-17(28)8-7-16(26)14-34-22(11-21(27(30,31)32)20(13-33)25(34)35)15-6-9-24-19(10-15)18-4-2-3-5-23(18)36-24/h2-12,16H,14H2,1H3. The van der Waals surface area contributed by atoms with Crippen LogP contribution < -0.4 is 5.56 Å². The van der Waals surface area contributed by atoms with Crippen LogP contribution >= 0.6 is 0 Å². The molecule has 5 rings (SSSR count). The van der Waals surface area contributed by atoms with Crippen molar-refractivity contribution in [2.75, 3.05) is 0 Å². The van der Waals surface area contributed by atoms with Crippen molar-refractivity contribution >= 4 is 21.9 Å². The molecule has 0 fully saturated rings. The molecule has 0 bridgehead atoms. The van der Waals surface area contributed by atoms with Crippen molar-refractivity contribution in [3.05, 3.63) is 94.1 Å². The van der Waals surface area contributed by atoms with E-state index in [1.807, 2.05) is 0 Å². The minimum Gasteiger partial charge on any atom is -0.456 e. The number of furan rings is 1. The largest absolute Gasteiger partial charge is 0.456 e. The molecule has 2 atom stereocenters. The summed E-state index contributed by atoms with van der Waals surface area (Å²) < 4.78 is 77.1. The van der Waals surface area contributed by atoms with Crippen LogP contribution in [0.5, 0.6) is 0 Å². The second kappa shape index (κ2) is 8.19. The van der Waals surface area contributed by atoms with Crippen LogP contribution in [0.15, 0.2) is 81.8 Å². The van der Waals surface area contributed by atoms with E-state index in [9.17, 15) is 27.6 Å². The van der Waals surface area contributed by atoms with Crippen molar-refractivity contribution in [3.8, 4) is 17.3 Å². The number of hydrogen-bond acceptors (Lipinski definition) is 3. The monoisotopic (exact) mass is 496 g/mol. The molecule has 0 saturated carbocycles. The fraction of sp³-hybridized carbons (Fsp3) is 0.185. The molecule has 4 nitrogen and oxygen atoms in total. The SMILES string of the molecule is CC1(F)C=C(F)C=CC1Cn1c(-c2ccc3oc4ccccc4c3c2)cc(C(F)(F)F)c(C#N)c1=O. The number of rotatable bonds is 3. The maximum atomic E-state index is 15.2. The molecule has 2 aromatic heterocycles. The van der Waals surface area contributed by atoms with Crippen LogP contribution in [0.1, 0.15) is 18.1 Å². The van der Waals surface area contributed by atoms with E-state index in [2.05, 4.69) is 0 Å². The summed E-state index contributed by atoms with van der Waals surface area (Å²) >= 11 is 0. The van der Waals surface area contributed by atoms with Gasteiger partial charge in [0.15, 0.2) is 0 Å². The summed E-state index contributed by atoms with van der Waals surface area (Å²) in [4.78, 5) is 13.2. The first-order valence-electron chi connectivity index (χ1n) is 10.9. The van der Waals surface area contributed by atoms with Gasteiger partial charge in [-0.05, 0) is 55.0 Å². The van der Waals surface area contributed by atoms with Gasteiger partial charge in [-0.3, -0.25) is 4.79 Å². The number of alkyl halides is 4. The minimum absolute atomic E-state index is 0.155. The van der Waals surface area contributed by atoms with Gasteiger partial charge >= 0.3 is 6.18 Å². The Morgan fingerprint density at radius 1 is 1.11 bits per heavy atom. The molecule has 9 heteroatoms. The van der Waals surface area contributed by atoms with Gasteiger partial charge in [0.05, 0.1) is 11.3 Å². The number of nitriles is 1. The first kappa shape index (κ1) is 23.5. The number of nitrogens with zero attached hydrogens (tertiary/aromatic N) is 2. The fourth-order valence-corrected chi connectivity index (χ4v) is 4.54. The van der Waals surface area contributed by atoms with Gasteiger partial charge in [0.2, 0.25) is 0 Å². The van der Waals surface area contributed by atoms with E-state index in [1.54, 1.807) is 36.4 Å². The Balaban J connectivity index is 1.77. The molecular weight excluding hydrogens is 479 g/mol. The quantitative estimate of drug-likeness (QED) is 0.285. The molecule has 0 N–H and O–H groups in total. The Morgan fingerprint density at radius 2 is 1.83 bits per heavy atom. The predicted octanol–water partition coefficient (Wildman–Crippen LogP) is 7.07. The van der Waals surface area contributed by atoms with Crippen LogP contribution in [0.25, 0.3) is 33.2 Å². The van der Waals surface area contributed by atoms with Crippen molar-refractivity contribution in [2.45, 2.75) is 25.3 Å². The molecule has 1 aliphatic carbocycles. The molecule has 182 valence electrons. The molecule has 1 aliphatic rings. The van der Waals surface area contributed by atoms with E-state index in [4.69, 9.17) is 4.42 Å². The van der Waals surface area contributed by atoms with E-state index in [-0.39, 0.29) is 11.3 Å². The van der Waals surface area contributed by atoms with Crippen molar-refractivity contribution in [1.82, 2.24) is 4.57 Å². The smallest absolute Gasteiger partial charge is 0.417 e. The van der Waals surface area contributed by atoms with Crippen LogP contribution in [-0.2, 0) is 12.7 Å². The van der Waals surface area contributed by atoms with Gasteiger partial charge in [0.1, 0.15) is 34.3 Å². The summed E-state index contributed by atoms with van der Waals surface area (Å²) in [5.74, 6) is -1.87. The van der Waals surface area contributed by atoms with Gasteiger partial charge in [-0.2, -0.15) is 18.4 Å². The van der Waals surface area contributed by atoms with Crippen LogP contribution in [0.3, 0.4) is 0 Å². The Labute approximate surface area is 201 Å². The van der Waals surface area contributed by atoms with Crippen molar-refractivity contribution in [1.29, 1.82) is 5.26 Å². The van der Waals surface area contributed by atoms with Gasteiger partial charge < -0.3 is 8.98 Å². The van der Waals surface area contributed by atoms with Gasteiger partial charge in [-0.15, -0.1) is 0 Å². The first-order valence-corrected chi connectivity index (χ1v) is 10.9. The van der Waals surface area contributed by atoms with Crippen molar-refractivity contribution in [3.63, 3.8) is 0 Å².